The van der Waals surface area contributed by atoms with Crippen molar-refractivity contribution in [3.8, 4) is 0 Å². The topological polar surface area (TPSA) is 41.7 Å². The van der Waals surface area contributed by atoms with Gasteiger partial charge in [0, 0.05) is 31.7 Å². The molecule has 0 amide bonds. The molecule has 2 rings (SSSR count). The van der Waals surface area contributed by atoms with Crippen molar-refractivity contribution in [2.45, 2.75) is 44.9 Å². The van der Waals surface area contributed by atoms with E-state index in [4.69, 9.17) is 10.5 Å². The highest BCUT2D eigenvalue weighted by molar-refractivity contribution is 4.80. The average Bonchev–Trinajstić information content (AvgIpc) is 2.32. The summed E-state index contributed by atoms with van der Waals surface area (Å²) in [6, 6.07) is 1.06. The minimum Gasteiger partial charge on any atom is -0.374 e. The quantitative estimate of drug-likeness (QED) is 0.782. The predicted octanol–water partition coefficient (Wildman–Crippen LogP) is 0.519. The van der Waals surface area contributed by atoms with Crippen molar-refractivity contribution in [3.63, 3.8) is 0 Å². The molecule has 0 aliphatic carbocycles. The third-order valence-electron chi connectivity index (χ3n) is 3.99. The maximum Gasteiger partial charge on any atom is 0.0829 e. The first-order valence-corrected chi connectivity index (χ1v) is 6.98. The minimum atomic E-state index is 0.389. The number of nitrogens with zero attached hydrogens (tertiary/aromatic N) is 2. The normalized spacial score (nSPS) is 30.0. The first-order valence-electron chi connectivity index (χ1n) is 6.98. The molecule has 2 saturated heterocycles. The van der Waals surface area contributed by atoms with Gasteiger partial charge in [0.25, 0.3) is 0 Å². The molecule has 17 heavy (non-hydrogen) atoms. The smallest absolute Gasteiger partial charge is 0.0829 e. The van der Waals surface area contributed by atoms with Gasteiger partial charge in [-0.05, 0) is 39.8 Å². The van der Waals surface area contributed by atoms with Gasteiger partial charge in [-0.25, -0.2) is 0 Å². The second-order valence-corrected chi connectivity index (χ2v) is 5.72. The summed E-state index contributed by atoms with van der Waals surface area (Å²) < 4.78 is 5.87. The van der Waals surface area contributed by atoms with E-state index in [0.29, 0.717) is 18.2 Å². The summed E-state index contributed by atoms with van der Waals surface area (Å²) in [5.41, 5.74) is 5.93. The van der Waals surface area contributed by atoms with Gasteiger partial charge in [0.15, 0.2) is 0 Å². The van der Waals surface area contributed by atoms with Crippen LogP contribution >= 0.6 is 0 Å². The molecule has 2 aliphatic heterocycles. The highest BCUT2D eigenvalue weighted by Gasteiger charge is 2.25. The summed E-state index contributed by atoms with van der Waals surface area (Å²) in [5, 5.41) is 0. The van der Waals surface area contributed by atoms with Gasteiger partial charge in [0.1, 0.15) is 0 Å². The molecule has 2 heterocycles. The van der Waals surface area contributed by atoms with E-state index in [0.717, 1.165) is 52.2 Å². The van der Waals surface area contributed by atoms with Crippen LogP contribution in [0.15, 0.2) is 0 Å². The molecule has 4 nitrogen and oxygen atoms in total. The van der Waals surface area contributed by atoms with Gasteiger partial charge in [0.05, 0.1) is 12.7 Å². The molecule has 0 aromatic rings. The summed E-state index contributed by atoms with van der Waals surface area (Å²) >= 11 is 0. The third kappa shape index (κ3) is 3.91. The van der Waals surface area contributed by atoms with Crippen LogP contribution < -0.4 is 5.73 Å². The zero-order valence-electron chi connectivity index (χ0n) is 11.3. The second kappa shape index (κ2) is 6.14. The Bertz CT molecular complexity index is 227. The third-order valence-corrected chi connectivity index (χ3v) is 3.99. The molecular formula is C13H27N3O. The largest absolute Gasteiger partial charge is 0.374 e. The summed E-state index contributed by atoms with van der Waals surface area (Å²) in [6.07, 6.45) is 2.67. The number of likely N-dealkylation sites (tertiary alicyclic amines) is 1. The van der Waals surface area contributed by atoms with Crippen LogP contribution in [0.1, 0.15) is 26.7 Å². The minimum absolute atomic E-state index is 0.389. The summed E-state index contributed by atoms with van der Waals surface area (Å²) in [6.45, 7) is 10.9. The maximum absolute atomic E-state index is 5.93. The summed E-state index contributed by atoms with van der Waals surface area (Å²) in [7, 11) is 0. The van der Waals surface area contributed by atoms with Crippen LogP contribution in [0, 0.1) is 0 Å². The van der Waals surface area contributed by atoms with E-state index in [1.165, 1.54) is 0 Å². The van der Waals surface area contributed by atoms with Crippen LogP contribution in [0.3, 0.4) is 0 Å². The fraction of sp³-hybridized carbons (Fsp3) is 1.00. The zero-order valence-corrected chi connectivity index (χ0v) is 11.3. The Labute approximate surface area is 105 Å². The first kappa shape index (κ1) is 13.3. The Morgan fingerprint density at radius 3 is 2.59 bits per heavy atom. The van der Waals surface area contributed by atoms with Crippen LogP contribution in [0.5, 0.6) is 0 Å². The SMILES string of the molecule is CC(C)N1CCOC(CN2CCC(N)CC2)C1. The van der Waals surface area contributed by atoms with Gasteiger partial charge >= 0.3 is 0 Å². The fourth-order valence-corrected chi connectivity index (χ4v) is 2.75. The van der Waals surface area contributed by atoms with Crippen molar-refractivity contribution in [2.24, 2.45) is 5.73 Å². The van der Waals surface area contributed by atoms with E-state index in [2.05, 4.69) is 23.6 Å². The lowest BCUT2D eigenvalue weighted by Gasteiger charge is -2.39. The van der Waals surface area contributed by atoms with Crippen molar-refractivity contribution in [1.29, 1.82) is 0 Å². The molecule has 2 fully saturated rings. The van der Waals surface area contributed by atoms with Crippen molar-refractivity contribution in [2.75, 3.05) is 39.3 Å². The van der Waals surface area contributed by atoms with Gasteiger partial charge in [-0.2, -0.15) is 0 Å². The van der Waals surface area contributed by atoms with Gasteiger partial charge in [-0.15, -0.1) is 0 Å². The van der Waals surface area contributed by atoms with E-state index < -0.39 is 0 Å². The van der Waals surface area contributed by atoms with E-state index in [1.54, 1.807) is 0 Å². The number of ether oxygens (including phenoxy) is 1. The zero-order chi connectivity index (χ0) is 12.3. The van der Waals surface area contributed by atoms with Crippen LogP contribution in [0.4, 0.5) is 0 Å². The molecule has 2 N–H and O–H groups in total. The lowest BCUT2D eigenvalue weighted by atomic mass is 10.1. The number of morpholine rings is 1. The van der Waals surface area contributed by atoms with Crippen LogP contribution in [-0.4, -0.2) is 67.3 Å². The lowest BCUT2D eigenvalue weighted by molar-refractivity contribution is -0.0541. The van der Waals surface area contributed by atoms with E-state index in [1.807, 2.05) is 0 Å². The predicted molar refractivity (Wildman–Crippen MR) is 70.1 cm³/mol. The summed E-state index contributed by atoms with van der Waals surface area (Å²) in [4.78, 5) is 5.03. The fourth-order valence-electron chi connectivity index (χ4n) is 2.75. The molecule has 0 aromatic heterocycles. The number of nitrogens with two attached hydrogens (primary N) is 1. The summed E-state index contributed by atoms with van der Waals surface area (Å²) in [5.74, 6) is 0. The van der Waals surface area contributed by atoms with Gasteiger partial charge in [0.2, 0.25) is 0 Å². The van der Waals surface area contributed by atoms with Gasteiger partial charge in [-0.3, -0.25) is 4.90 Å². The second-order valence-electron chi connectivity index (χ2n) is 5.72. The lowest BCUT2D eigenvalue weighted by Crippen LogP contribution is -2.51. The Hall–Kier alpha value is -0.160. The molecule has 0 radical (unpaired) electrons. The number of hydrogen-bond acceptors (Lipinski definition) is 4. The molecule has 4 heteroatoms. The van der Waals surface area contributed by atoms with Crippen molar-refractivity contribution in [1.82, 2.24) is 9.80 Å². The Morgan fingerprint density at radius 2 is 1.94 bits per heavy atom. The number of hydrogen-bond donors (Lipinski definition) is 1. The highest BCUT2D eigenvalue weighted by Crippen LogP contribution is 2.13. The average molecular weight is 241 g/mol. The van der Waals surface area contributed by atoms with Crippen molar-refractivity contribution in [3.05, 3.63) is 0 Å². The van der Waals surface area contributed by atoms with E-state index in [-0.39, 0.29) is 0 Å². The number of rotatable bonds is 3. The molecule has 1 atom stereocenters. The molecular weight excluding hydrogens is 214 g/mol. The van der Waals surface area contributed by atoms with Crippen LogP contribution in [0.2, 0.25) is 0 Å². The van der Waals surface area contributed by atoms with Crippen molar-refractivity contribution < 1.29 is 4.74 Å². The van der Waals surface area contributed by atoms with Gasteiger partial charge in [-0.1, -0.05) is 0 Å². The molecule has 0 spiro atoms. The van der Waals surface area contributed by atoms with Crippen LogP contribution in [-0.2, 0) is 4.74 Å². The van der Waals surface area contributed by atoms with Crippen molar-refractivity contribution >= 4 is 0 Å². The number of piperidine rings is 1. The monoisotopic (exact) mass is 241 g/mol. The van der Waals surface area contributed by atoms with E-state index >= 15 is 0 Å². The van der Waals surface area contributed by atoms with Crippen LogP contribution in [0.25, 0.3) is 0 Å². The first-order chi connectivity index (χ1) is 8.15. The molecule has 1 unspecified atom stereocenters. The standard InChI is InChI=1S/C13H27N3O/c1-11(2)16-7-8-17-13(10-16)9-15-5-3-12(14)4-6-15/h11-13H,3-10,14H2,1-2H3. The molecule has 0 aromatic carbocycles. The molecule has 0 bridgehead atoms. The van der Waals surface area contributed by atoms with Gasteiger partial charge < -0.3 is 15.4 Å². The highest BCUT2D eigenvalue weighted by atomic mass is 16.5. The molecule has 0 saturated carbocycles. The Kier molecular flexibility index (Phi) is 4.79. The molecule has 100 valence electrons. The molecule has 2 aliphatic rings. The maximum atomic E-state index is 5.93. The van der Waals surface area contributed by atoms with E-state index in [9.17, 15) is 0 Å². The Morgan fingerprint density at radius 1 is 1.24 bits per heavy atom. The Balaban J connectivity index is 1.75.